The zero-order chi connectivity index (χ0) is 48.5. The van der Waals surface area contributed by atoms with Crippen LogP contribution in [0.5, 0.6) is 0 Å². The Hall–Kier alpha value is -6.00. The number of fused-ring (bicyclic) bond motifs is 6. The molecule has 0 saturated carbocycles. The highest BCUT2D eigenvalue weighted by Crippen LogP contribution is 2.43. The summed E-state index contributed by atoms with van der Waals surface area (Å²) < 4.78 is 49.2. The minimum Gasteiger partial charge on any atom is -0.464 e. The third kappa shape index (κ3) is 9.73. The Labute approximate surface area is 391 Å². The number of carbonyl (C=O) groups excluding carboxylic acids is 5. The fourth-order valence-corrected chi connectivity index (χ4v) is 9.89. The van der Waals surface area contributed by atoms with Crippen molar-refractivity contribution in [1.29, 1.82) is 0 Å². The molecule has 2 fully saturated rings. The molecule has 0 spiro atoms. The highest BCUT2D eigenvalue weighted by molar-refractivity contribution is 5.96. The number of rotatable bonds is 10. The van der Waals surface area contributed by atoms with Gasteiger partial charge in [0.15, 0.2) is 6.04 Å². The van der Waals surface area contributed by atoms with Gasteiger partial charge < -0.3 is 29.2 Å². The Morgan fingerprint density at radius 2 is 1.81 bits per heavy atom. The van der Waals surface area contributed by atoms with E-state index in [-0.39, 0.29) is 44.5 Å². The maximum absolute atomic E-state index is 17.6. The van der Waals surface area contributed by atoms with Gasteiger partial charge in [0.1, 0.15) is 12.1 Å². The fraction of sp³-hybridized carbons (Fsp3) is 0.490. The first kappa shape index (κ1) is 48.9. The first-order chi connectivity index (χ1) is 31.8. The number of aromatic nitrogens is 2. The number of hydrogen-bond acceptors (Lipinski definition) is 9. The van der Waals surface area contributed by atoms with Crippen LogP contribution in [0.3, 0.4) is 0 Å². The monoisotopic (exact) mass is 923 g/mol. The van der Waals surface area contributed by atoms with E-state index in [1.807, 2.05) is 51.1 Å². The van der Waals surface area contributed by atoms with Gasteiger partial charge in [-0.25, -0.2) is 5.43 Å². The van der Waals surface area contributed by atoms with Crippen molar-refractivity contribution in [3.63, 3.8) is 0 Å². The predicted molar refractivity (Wildman–Crippen MR) is 250 cm³/mol. The van der Waals surface area contributed by atoms with Gasteiger partial charge in [0.2, 0.25) is 17.7 Å². The van der Waals surface area contributed by atoms with Crippen LogP contribution in [0.2, 0.25) is 0 Å². The van der Waals surface area contributed by atoms with Crippen molar-refractivity contribution in [2.45, 2.75) is 104 Å². The summed E-state index contributed by atoms with van der Waals surface area (Å²) in [6.45, 7) is 16.0. The molecule has 14 nitrogen and oxygen atoms in total. The Kier molecular flexibility index (Phi) is 14.4. The van der Waals surface area contributed by atoms with E-state index in [1.54, 1.807) is 33.2 Å². The van der Waals surface area contributed by atoms with Crippen molar-refractivity contribution in [1.82, 2.24) is 35.1 Å². The molecule has 16 heteroatoms. The number of ether oxygens (including phenoxy) is 2. The second-order valence-corrected chi connectivity index (χ2v) is 19.1. The number of aryl methyl sites for hydroxylation is 1. The predicted octanol–water partition coefficient (Wildman–Crippen LogP) is 6.81. The van der Waals surface area contributed by atoms with E-state index in [0.29, 0.717) is 37.1 Å². The van der Waals surface area contributed by atoms with Gasteiger partial charge in [-0.1, -0.05) is 58.5 Å². The van der Waals surface area contributed by atoms with Gasteiger partial charge in [-0.15, -0.1) is 0 Å². The Morgan fingerprint density at radius 1 is 1.06 bits per heavy atom. The Bertz CT molecular complexity index is 2560. The van der Waals surface area contributed by atoms with Crippen LogP contribution in [-0.2, 0) is 52.3 Å². The smallest absolute Gasteiger partial charge is 0.324 e. The number of amides is 4. The number of nitrogens with zero attached hydrogens (tertiary/aromatic N) is 5. The van der Waals surface area contributed by atoms with Crippen molar-refractivity contribution in [2.24, 2.45) is 17.3 Å². The van der Waals surface area contributed by atoms with Crippen molar-refractivity contribution in [3.05, 3.63) is 90.3 Å². The first-order valence-electron chi connectivity index (χ1n) is 23.2. The summed E-state index contributed by atoms with van der Waals surface area (Å²) in [6.07, 6.45) is 3.96. The van der Waals surface area contributed by atoms with E-state index in [9.17, 15) is 24.0 Å². The Morgan fingerprint density at radius 3 is 2.51 bits per heavy atom. The normalized spacial score (nSPS) is 21.6. The summed E-state index contributed by atoms with van der Waals surface area (Å²) in [6, 6.07) is 10.8. The molecule has 2 saturated heterocycles. The van der Waals surface area contributed by atoms with Crippen LogP contribution in [0.25, 0.3) is 33.3 Å². The summed E-state index contributed by atoms with van der Waals surface area (Å²) in [4.78, 5) is 76.6. The van der Waals surface area contributed by atoms with Gasteiger partial charge in [0, 0.05) is 74.0 Å². The minimum absolute atomic E-state index is 0.00926. The molecule has 2 aromatic carbocycles. The van der Waals surface area contributed by atoms with Gasteiger partial charge in [-0.2, -0.15) is 8.78 Å². The number of cyclic esters (lactones) is 1. The van der Waals surface area contributed by atoms with Crippen LogP contribution in [0.4, 0.5) is 8.78 Å². The summed E-state index contributed by atoms with van der Waals surface area (Å²) in [5.74, 6) is -8.73. The topological polar surface area (TPSA) is 155 Å². The molecule has 5 heterocycles. The molecule has 2 aromatic heterocycles. The second-order valence-electron chi connectivity index (χ2n) is 19.1. The average molecular weight is 924 g/mol. The van der Waals surface area contributed by atoms with Crippen molar-refractivity contribution >= 4 is 40.5 Å². The van der Waals surface area contributed by atoms with Crippen molar-refractivity contribution in [2.75, 3.05) is 40.4 Å². The SMILES string of the molecule is C=CC(=O)N1CC[C@H](C(=O)N(C)[C@H](C(=O)N[C@@H]2C(=O)N3CCC[C@H](N3)C(=O)OCC(C)(C)Cc3c(-c4cccnc4[C@H](C)OC)n(CC)c4ccc(cc34)-c3cccc(c3)C2(F)F)C(C)C)C1. The Balaban J connectivity index is 1.34. The lowest BCUT2D eigenvalue weighted by Crippen LogP contribution is -2.65. The minimum atomic E-state index is -4.02. The molecule has 0 unspecified atom stereocenters. The molecule has 4 aromatic rings. The van der Waals surface area contributed by atoms with E-state index < -0.39 is 70.6 Å². The molecule has 2 N–H and O–H groups in total. The molecule has 0 aliphatic carbocycles. The molecule has 3 aliphatic rings. The molecule has 3 aliphatic heterocycles. The van der Waals surface area contributed by atoms with Gasteiger partial charge >= 0.3 is 11.9 Å². The number of benzene rings is 2. The standard InChI is InChI=1S/C51H63F2N7O7/c1-10-41(61)58-24-21-34(28-58)47(63)57(8)43(30(3)4)46(62)55-45-48(64)60-23-14-18-39(56-60)49(65)67-29-50(6,7)27-38-37-26-33(32-15-12-16-35(25-32)51(45,52)53)19-20-40(37)59(11-2)44(38)36-17-13-22-54-42(36)31(5)66-9/h10,12-13,15-17,19-20,22,25-26,30-31,34,39,43,45,56H,1,11,14,18,21,23-24,27-29H2,2-9H3,(H,55,62)/t31-,34-,39-,43-,45+/m0/s1. The summed E-state index contributed by atoms with van der Waals surface area (Å²) >= 11 is 0. The zero-order valence-electron chi connectivity index (χ0n) is 39.7. The van der Waals surface area contributed by atoms with Gasteiger partial charge in [0.05, 0.1) is 30.0 Å². The molecule has 358 valence electrons. The number of likely N-dealkylation sites (N-methyl/N-ethyl adjacent to an activating group) is 1. The first-order valence-corrected chi connectivity index (χ1v) is 23.2. The molecule has 7 rings (SSSR count). The van der Waals surface area contributed by atoms with Crippen LogP contribution in [0.15, 0.2) is 73.4 Å². The van der Waals surface area contributed by atoms with E-state index in [2.05, 4.69) is 28.8 Å². The number of alkyl halides is 2. The molecule has 67 heavy (non-hydrogen) atoms. The summed E-state index contributed by atoms with van der Waals surface area (Å²) in [5, 5.41) is 4.26. The average Bonchev–Trinajstić information content (AvgIpc) is 3.94. The number of pyridine rings is 1. The quantitative estimate of drug-likeness (QED) is 0.129. The van der Waals surface area contributed by atoms with Gasteiger partial charge in [-0.3, -0.25) is 34.0 Å². The third-order valence-corrected chi connectivity index (χ3v) is 13.5. The number of halogens is 2. The van der Waals surface area contributed by atoms with Gasteiger partial charge in [0.25, 0.3) is 5.91 Å². The van der Waals surface area contributed by atoms with Crippen LogP contribution in [0.1, 0.15) is 83.7 Å². The van der Waals surface area contributed by atoms with Crippen LogP contribution < -0.4 is 10.7 Å². The second kappa shape index (κ2) is 19.7. The number of carbonyl (C=O) groups is 5. The lowest BCUT2D eigenvalue weighted by Gasteiger charge is -2.38. The largest absolute Gasteiger partial charge is 0.464 e. The van der Waals surface area contributed by atoms with Crippen molar-refractivity contribution < 1.29 is 42.2 Å². The van der Waals surface area contributed by atoms with E-state index in [1.165, 1.54) is 41.1 Å². The number of hydrogen-bond donors (Lipinski definition) is 2. The lowest BCUT2D eigenvalue weighted by molar-refractivity contribution is -0.161. The highest BCUT2D eigenvalue weighted by Gasteiger charge is 2.51. The summed E-state index contributed by atoms with van der Waals surface area (Å²) in [5.41, 5.74) is 7.27. The molecule has 4 amide bonds. The lowest BCUT2D eigenvalue weighted by atomic mass is 9.84. The van der Waals surface area contributed by atoms with E-state index in [4.69, 9.17) is 14.5 Å². The number of methoxy groups -OCH3 is 1. The maximum Gasteiger partial charge on any atom is 0.324 e. The molecule has 0 radical (unpaired) electrons. The fourth-order valence-electron chi connectivity index (χ4n) is 9.89. The van der Waals surface area contributed by atoms with Crippen molar-refractivity contribution in [3.8, 4) is 22.4 Å². The van der Waals surface area contributed by atoms with Gasteiger partial charge in [-0.05, 0) is 98.5 Å². The van der Waals surface area contributed by atoms with Crippen LogP contribution in [0, 0.1) is 17.3 Å². The maximum atomic E-state index is 17.6. The van der Waals surface area contributed by atoms with Crippen LogP contribution >= 0.6 is 0 Å². The van der Waals surface area contributed by atoms with E-state index >= 15 is 8.78 Å². The number of esters is 1. The third-order valence-electron chi connectivity index (χ3n) is 13.5. The molecule has 5 atom stereocenters. The highest BCUT2D eigenvalue weighted by atomic mass is 19.3. The molecular formula is C51H63F2N7O7. The number of likely N-dealkylation sites (tertiary alicyclic amines) is 1. The zero-order valence-corrected chi connectivity index (χ0v) is 39.7. The van der Waals surface area contributed by atoms with Crippen LogP contribution in [-0.4, -0.2) is 112 Å². The molecule has 6 bridgehead atoms. The number of hydrazine groups is 1. The van der Waals surface area contributed by atoms with E-state index in [0.717, 1.165) is 38.4 Å². The summed E-state index contributed by atoms with van der Waals surface area (Å²) in [7, 11) is 3.06. The number of nitrogens with one attached hydrogen (secondary N) is 2. The molecular weight excluding hydrogens is 861 g/mol.